The van der Waals surface area contributed by atoms with Crippen molar-refractivity contribution >= 4 is 46.0 Å². The van der Waals surface area contributed by atoms with Crippen molar-refractivity contribution < 1.29 is 19.1 Å². The maximum Gasteiger partial charge on any atom is 0.255 e. The van der Waals surface area contributed by atoms with E-state index in [-0.39, 0.29) is 18.4 Å². The molecule has 0 saturated heterocycles. The number of benzene rings is 3. The Balaban J connectivity index is 1.57. The number of carbonyl (C=O) groups excluding carboxylic acids is 2. The summed E-state index contributed by atoms with van der Waals surface area (Å²) < 4.78 is 12.9. The van der Waals surface area contributed by atoms with Gasteiger partial charge in [-0.3, -0.25) is 9.59 Å². The molecule has 9 heteroatoms. The number of para-hydroxylation sites is 2. The zero-order valence-electron chi connectivity index (χ0n) is 19.7. The van der Waals surface area contributed by atoms with Gasteiger partial charge in [-0.05, 0) is 30.5 Å². The van der Waals surface area contributed by atoms with Crippen molar-refractivity contribution in [3.63, 3.8) is 0 Å². The summed E-state index contributed by atoms with van der Waals surface area (Å²) in [7, 11) is 3.00. The fourth-order valence-electron chi connectivity index (χ4n) is 3.75. The number of methoxy groups -OCH3 is 2. The Bertz CT molecular complexity index is 1350. The van der Waals surface area contributed by atoms with Gasteiger partial charge >= 0.3 is 0 Å². The van der Waals surface area contributed by atoms with E-state index in [1.807, 2.05) is 41.2 Å². The summed E-state index contributed by atoms with van der Waals surface area (Å²) >= 11 is 1.64. The number of aromatic nitrogens is 2. The van der Waals surface area contributed by atoms with Crippen molar-refractivity contribution in [2.24, 2.45) is 0 Å². The van der Waals surface area contributed by atoms with E-state index in [1.54, 1.807) is 48.2 Å². The van der Waals surface area contributed by atoms with Crippen molar-refractivity contribution in [1.29, 1.82) is 0 Å². The number of fused-ring (bicyclic) bond motifs is 1. The lowest BCUT2D eigenvalue weighted by Crippen LogP contribution is -2.20. The molecule has 0 aliphatic rings. The highest BCUT2D eigenvalue weighted by Gasteiger charge is 2.18. The van der Waals surface area contributed by atoms with Gasteiger partial charge < -0.3 is 24.7 Å². The molecule has 35 heavy (non-hydrogen) atoms. The van der Waals surface area contributed by atoms with Crippen LogP contribution in [0.25, 0.3) is 11.0 Å². The van der Waals surface area contributed by atoms with Gasteiger partial charge in [0, 0.05) is 17.7 Å². The lowest BCUT2D eigenvalue weighted by Gasteiger charge is -2.17. The van der Waals surface area contributed by atoms with Crippen LogP contribution in [-0.4, -0.2) is 41.8 Å². The number of hydrogen-bond acceptors (Lipinski definition) is 6. The first kappa shape index (κ1) is 24.2. The van der Waals surface area contributed by atoms with E-state index in [1.165, 1.54) is 14.2 Å². The first-order chi connectivity index (χ1) is 17.0. The summed E-state index contributed by atoms with van der Waals surface area (Å²) in [6, 6.07) is 19.9. The predicted octanol–water partition coefficient (Wildman–Crippen LogP) is 4.81. The van der Waals surface area contributed by atoms with Crippen LogP contribution < -0.4 is 20.1 Å². The fourth-order valence-corrected chi connectivity index (χ4v) is 4.23. The molecule has 180 valence electrons. The number of anilines is 2. The van der Waals surface area contributed by atoms with Crippen molar-refractivity contribution in [3.8, 4) is 11.5 Å². The van der Waals surface area contributed by atoms with Gasteiger partial charge in [0.05, 0.1) is 42.4 Å². The van der Waals surface area contributed by atoms with Gasteiger partial charge in [0.1, 0.15) is 23.9 Å². The average Bonchev–Trinajstić information content (AvgIpc) is 3.22. The topological polar surface area (TPSA) is 94.5 Å². The maximum absolute atomic E-state index is 13.1. The molecule has 4 rings (SSSR count). The summed E-state index contributed by atoms with van der Waals surface area (Å²) in [5, 5.41) is 5.75. The summed E-state index contributed by atoms with van der Waals surface area (Å²) in [4.78, 5) is 30.4. The summed E-state index contributed by atoms with van der Waals surface area (Å²) in [5.41, 5.74) is 3.12. The highest BCUT2D eigenvalue weighted by molar-refractivity contribution is 7.97. The van der Waals surface area contributed by atoms with Crippen molar-refractivity contribution in [3.05, 3.63) is 78.1 Å². The summed E-state index contributed by atoms with van der Waals surface area (Å²) in [6.07, 6.45) is 2.00. The quantitative estimate of drug-likeness (QED) is 0.350. The molecule has 3 aromatic carbocycles. The molecule has 0 aliphatic carbocycles. The van der Waals surface area contributed by atoms with Crippen LogP contribution in [0.3, 0.4) is 0 Å². The largest absolute Gasteiger partial charge is 0.494 e. The second-order valence-electron chi connectivity index (χ2n) is 7.66. The molecule has 0 saturated carbocycles. The Morgan fingerprint density at radius 2 is 1.54 bits per heavy atom. The lowest BCUT2D eigenvalue weighted by atomic mass is 10.2. The number of hydrogen-bond donors (Lipinski definition) is 2. The molecule has 2 amide bonds. The number of carbonyl (C=O) groups is 2. The lowest BCUT2D eigenvalue weighted by molar-refractivity contribution is -0.116. The summed E-state index contributed by atoms with van der Waals surface area (Å²) in [5.74, 6) is 1.78. The number of amides is 2. The third-order valence-electron chi connectivity index (χ3n) is 5.39. The van der Waals surface area contributed by atoms with Crippen LogP contribution in [0.2, 0.25) is 0 Å². The monoisotopic (exact) mass is 490 g/mol. The molecule has 0 bridgehead atoms. The number of ether oxygens (including phenoxy) is 2. The van der Waals surface area contributed by atoms with Gasteiger partial charge in [0.25, 0.3) is 5.91 Å². The fraction of sp³-hybridized carbons (Fsp3) is 0.192. The molecule has 0 spiro atoms. The van der Waals surface area contributed by atoms with E-state index in [2.05, 4.69) is 15.6 Å². The zero-order valence-corrected chi connectivity index (χ0v) is 20.5. The minimum Gasteiger partial charge on any atom is -0.494 e. The second kappa shape index (κ2) is 11.0. The Kier molecular flexibility index (Phi) is 7.57. The zero-order chi connectivity index (χ0) is 24.8. The SMILES string of the molecule is COc1cc(NC(=O)c2ccccc2)c(OC)cc1NC(=O)Cn1c(CSC)nc2ccccc21. The second-order valence-corrected chi connectivity index (χ2v) is 8.52. The number of thioether (sulfide) groups is 1. The Morgan fingerprint density at radius 1 is 0.914 bits per heavy atom. The molecule has 0 unspecified atom stereocenters. The molecule has 0 atom stereocenters. The van der Waals surface area contributed by atoms with Gasteiger partial charge in [0.15, 0.2) is 0 Å². The van der Waals surface area contributed by atoms with Gasteiger partial charge in [-0.1, -0.05) is 30.3 Å². The van der Waals surface area contributed by atoms with Crippen molar-refractivity contribution in [2.45, 2.75) is 12.3 Å². The molecule has 0 aliphatic heterocycles. The van der Waals surface area contributed by atoms with Crippen LogP contribution in [0.4, 0.5) is 11.4 Å². The maximum atomic E-state index is 13.1. The van der Waals surface area contributed by atoms with Crippen molar-refractivity contribution in [2.75, 3.05) is 31.1 Å². The van der Waals surface area contributed by atoms with E-state index in [4.69, 9.17) is 9.47 Å². The number of imidazole rings is 1. The third kappa shape index (κ3) is 5.41. The molecule has 0 radical (unpaired) electrons. The van der Waals surface area contributed by atoms with E-state index in [0.717, 1.165) is 16.9 Å². The van der Waals surface area contributed by atoms with Crippen molar-refractivity contribution in [1.82, 2.24) is 9.55 Å². The van der Waals surface area contributed by atoms with E-state index in [0.29, 0.717) is 34.2 Å². The van der Waals surface area contributed by atoms with Crippen LogP contribution in [0.1, 0.15) is 16.2 Å². The van der Waals surface area contributed by atoms with E-state index < -0.39 is 0 Å². The first-order valence-electron chi connectivity index (χ1n) is 10.9. The predicted molar refractivity (Wildman–Crippen MR) is 140 cm³/mol. The third-order valence-corrected chi connectivity index (χ3v) is 5.94. The Labute approximate surface area is 207 Å². The van der Waals surface area contributed by atoms with E-state index in [9.17, 15) is 9.59 Å². The molecule has 0 fully saturated rings. The average molecular weight is 491 g/mol. The molecule has 4 aromatic rings. The highest BCUT2D eigenvalue weighted by Crippen LogP contribution is 2.36. The van der Waals surface area contributed by atoms with Gasteiger partial charge in [0.2, 0.25) is 5.91 Å². The summed E-state index contributed by atoms with van der Waals surface area (Å²) in [6.45, 7) is 0.0916. The van der Waals surface area contributed by atoms with Gasteiger partial charge in [-0.15, -0.1) is 0 Å². The van der Waals surface area contributed by atoms with Crippen LogP contribution in [0.15, 0.2) is 66.7 Å². The molecular weight excluding hydrogens is 464 g/mol. The Morgan fingerprint density at radius 3 is 2.20 bits per heavy atom. The van der Waals surface area contributed by atoms with Crippen LogP contribution >= 0.6 is 11.8 Å². The minimum absolute atomic E-state index is 0.0916. The van der Waals surface area contributed by atoms with Crippen LogP contribution in [0, 0.1) is 0 Å². The number of nitrogens with zero attached hydrogens (tertiary/aromatic N) is 2. The smallest absolute Gasteiger partial charge is 0.255 e. The Hall–Kier alpha value is -3.98. The molecular formula is C26H26N4O4S. The van der Waals surface area contributed by atoms with Gasteiger partial charge in [-0.25, -0.2) is 4.98 Å². The normalized spacial score (nSPS) is 10.7. The molecule has 8 nitrogen and oxygen atoms in total. The molecule has 2 N–H and O–H groups in total. The standard InChI is InChI=1S/C26H26N4O4S/c1-33-22-14-20(29-26(32)17-9-5-4-6-10-17)23(34-2)13-19(22)28-25(31)15-30-21-12-8-7-11-18(21)27-24(30)16-35-3/h4-14H,15-16H2,1-3H3,(H,28,31)(H,29,32). The molecule has 1 heterocycles. The van der Waals surface area contributed by atoms with Crippen LogP contribution in [0.5, 0.6) is 11.5 Å². The number of rotatable bonds is 9. The first-order valence-corrected chi connectivity index (χ1v) is 12.3. The molecule has 1 aromatic heterocycles. The highest BCUT2D eigenvalue weighted by atomic mass is 32.2. The number of nitrogens with one attached hydrogen (secondary N) is 2. The van der Waals surface area contributed by atoms with E-state index >= 15 is 0 Å². The van der Waals surface area contributed by atoms with Gasteiger partial charge in [-0.2, -0.15) is 11.8 Å². The minimum atomic E-state index is -0.281. The van der Waals surface area contributed by atoms with Crippen LogP contribution in [-0.2, 0) is 17.1 Å².